The maximum atomic E-state index is 13.3. The summed E-state index contributed by atoms with van der Waals surface area (Å²) in [5.74, 6) is -0.134. The Morgan fingerprint density at radius 2 is 1.50 bits per heavy atom. The van der Waals surface area contributed by atoms with Crippen LogP contribution in [0.4, 0.5) is 5.69 Å². The second-order valence-electron chi connectivity index (χ2n) is 12.1. The van der Waals surface area contributed by atoms with Crippen LogP contribution in [-0.4, -0.2) is 51.1 Å². The second kappa shape index (κ2) is 13.9. The van der Waals surface area contributed by atoms with Gasteiger partial charge in [-0.05, 0) is 64.7 Å². The third kappa shape index (κ3) is 7.02. The minimum absolute atomic E-state index is 0.134. The summed E-state index contributed by atoms with van der Waals surface area (Å²) in [6, 6.07) is 35.5. The summed E-state index contributed by atoms with van der Waals surface area (Å²) in [6.07, 6.45) is 6.53. The number of sulfonamides is 1. The predicted molar refractivity (Wildman–Crippen MR) is 200 cm³/mol. The first-order valence-electron chi connectivity index (χ1n) is 16.1. The lowest BCUT2D eigenvalue weighted by Crippen LogP contribution is -2.36. The molecule has 0 spiro atoms. The first kappa shape index (κ1) is 33.2. The van der Waals surface area contributed by atoms with E-state index >= 15 is 0 Å². The number of aromatic nitrogens is 3. The summed E-state index contributed by atoms with van der Waals surface area (Å²) in [6.45, 7) is 1.30. The van der Waals surface area contributed by atoms with Crippen molar-refractivity contribution in [2.24, 2.45) is 0 Å². The lowest BCUT2D eigenvalue weighted by Gasteiger charge is -2.23. The molecule has 0 bridgehead atoms. The van der Waals surface area contributed by atoms with E-state index in [2.05, 4.69) is 15.3 Å². The van der Waals surface area contributed by atoms with Gasteiger partial charge in [-0.25, -0.2) is 21.8 Å². The Balaban J connectivity index is 1.25. The number of benzene rings is 4. The van der Waals surface area contributed by atoms with Crippen molar-refractivity contribution >= 4 is 47.5 Å². The number of nitrogens with one attached hydrogen (secondary N) is 2. The van der Waals surface area contributed by atoms with Gasteiger partial charge in [0.1, 0.15) is 5.65 Å². The van der Waals surface area contributed by atoms with E-state index in [1.165, 1.54) is 10.6 Å². The molecule has 0 amide bonds. The number of hydrogen-bond donors (Lipinski definition) is 2. The third-order valence-corrected chi connectivity index (χ3v) is 11.5. The normalized spacial score (nSPS) is 12.0. The zero-order valence-corrected chi connectivity index (χ0v) is 29.0. The average Bonchev–Trinajstić information content (AvgIpc) is 3.50. The molecule has 0 atom stereocenters. The van der Waals surface area contributed by atoms with E-state index in [1.54, 1.807) is 42.7 Å². The molecule has 7 aromatic rings. The monoisotopic (exact) mass is 701 g/mol. The molecule has 3 heterocycles. The molecular weight excluding hydrogens is 667 g/mol. The van der Waals surface area contributed by atoms with E-state index in [1.807, 2.05) is 91.1 Å². The fourth-order valence-corrected chi connectivity index (χ4v) is 8.54. The molecule has 7 rings (SSSR count). The largest absolute Gasteiger partial charge is 0.339 e. The smallest absolute Gasteiger partial charge is 0.232 e. The van der Waals surface area contributed by atoms with Crippen molar-refractivity contribution in [3.8, 4) is 22.3 Å². The second-order valence-corrected chi connectivity index (χ2v) is 16.0. The van der Waals surface area contributed by atoms with Crippen molar-refractivity contribution in [2.75, 3.05) is 23.7 Å². The fraction of sp³-hybridized carbons (Fsp3) is 0.128. The van der Waals surface area contributed by atoms with Gasteiger partial charge in [0.05, 0.1) is 22.6 Å². The number of fused-ring (bicyclic) bond motifs is 3. The molecule has 0 saturated carbocycles. The minimum atomic E-state index is -3.55. The van der Waals surface area contributed by atoms with Crippen LogP contribution in [0.1, 0.15) is 11.1 Å². The maximum Gasteiger partial charge on any atom is 0.232 e. The molecule has 9 nitrogen and oxygen atoms in total. The van der Waals surface area contributed by atoms with Crippen LogP contribution in [-0.2, 0) is 32.2 Å². The molecule has 0 radical (unpaired) electrons. The van der Waals surface area contributed by atoms with Crippen LogP contribution in [0.15, 0.2) is 139 Å². The molecule has 11 heteroatoms. The lowest BCUT2D eigenvalue weighted by molar-refractivity contribution is 0.592. The molecule has 0 saturated heterocycles. The first-order valence-corrected chi connectivity index (χ1v) is 19.6. The third-order valence-electron chi connectivity index (χ3n) is 8.62. The Labute approximate surface area is 291 Å². The van der Waals surface area contributed by atoms with Gasteiger partial charge < -0.3 is 10.3 Å². The fourth-order valence-electron chi connectivity index (χ4n) is 6.26. The van der Waals surface area contributed by atoms with Gasteiger partial charge in [-0.3, -0.25) is 9.29 Å². The van der Waals surface area contributed by atoms with Crippen LogP contribution in [0.3, 0.4) is 0 Å². The van der Waals surface area contributed by atoms with Crippen LogP contribution >= 0.6 is 0 Å². The lowest BCUT2D eigenvalue weighted by atomic mass is 9.92. The number of hydrogen-bond acceptors (Lipinski definition) is 7. The van der Waals surface area contributed by atoms with Crippen LogP contribution < -0.4 is 9.62 Å². The Morgan fingerprint density at radius 1 is 0.760 bits per heavy atom. The molecule has 4 aromatic carbocycles. The van der Waals surface area contributed by atoms with Gasteiger partial charge in [0.25, 0.3) is 0 Å². The van der Waals surface area contributed by atoms with E-state index in [-0.39, 0.29) is 17.2 Å². The molecule has 3 aromatic heterocycles. The molecule has 252 valence electrons. The van der Waals surface area contributed by atoms with E-state index in [4.69, 9.17) is 4.98 Å². The highest BCUT2D eigenvalue weighted by atomic mass is 32.2. The summed E-state index contributed by atoms with van der Waals surface area (Å²) in [5.41, 5.74) is 7.43. The van der Waals surface area contributed by atoms with E-state index in [0.717, 1.165) is 44.1 Å². The van der Waals surface area contributed by atoms with Crippen LogP contribution in [0.25, 0.3) is 44.2 Å². The molecule has 0 fully saturated rings. The van der Waals surface area contributed by atoms with Gasteiger partial charge in [-0.1, -0.05) is 72.8 Å². The number of nitrogens with zero attached hydrogens (tertiary/aromatic N) is 3. The summed E-state index contributed by atoms with van der Waals surface area (Å²) in [4.78, 5) is 12.6. The highest BCUT2D eigenvalue weighted by molar-refractivity contribution is 7.92. The zero-order valence-electron chi connectivity index (χ0n) is 27.3. The standard InChI is InChI=1S/C39H35N5O4S2/c1-49(45,46)44(22-21-41-25-29-9-8-20-40-24-29)32-17-15-30(16-18-32)35-26-42-39-38(37(35)31-10-4-2-5-11-31)34-23-28(14-19-36(34)43-39)27-50(47,48)33-12-6-3-7-13-33/h2-20,23-24,26,41H,21-22,25,27H2,1H3,(H,42,43). The molecule has 50 heavy (non-hydrogen) atoms. The summed E-state index contributed by atoms with van der Waals surface area (Å²) >= 11 is 0. The van der Waals surface area contributed by atoms with Crippen molar-refractivity contribution in [1.82, 2.24) is 20.3 Å². The summed E-state index contributed by atoms with van der Waals surface area (Å²) in [5, 5.41) is 5.05. The van der Waals surface area contributed by atoms with Crippen LogP contribution in [0.2, 0.25) is 0 Å². The molecule has 0 aliphatic carbocycles. The Bertz CT molecular complexity index is 2490. The van der Waals surface area contributed by atoms with Gasteiger partial charge in [-0.15, -0.1) is 0 Å². The summed E-state index contributed by atoms with van der Waals surface area (Å²) in [7, 11) is -7.10. The summed E-state index contributed by atoms with van der Waals surface area (Å²) < 4.78 is 53.7. The molecule has 0 aliphatic heterocycles. The van der Waals surface area contributed by atoms with Gasteiger partial charge in [0.15, 0.2) is 9.84 Å². The van der Waals surface area contributed by atoms with E-state index in [9.17, 15) is 16.8 Å². The van der Waals surface area contributed by atoms with Crippen molar-refractivity contribution < 1.29 is 16.8 Å². The van der Waals surface area contributed by atoms with Crippen molar-refractivity contribution in [3.63, 3.8) is 0 Å². The predicted octanol–water partition coefficient (Wildman–Crippen LogP) is 6.97. The van der Waals surface area contributed by atoms with Crippen LogP contribution in [0.5, 0.6) is 0 Å². The minimum Gasteiger partial charge on any atom is -0.339 e. The number of aromatic amines is 1. The molecule has 0 aliphatic rings. The number of H-pyrrole nitrogens is 1. The Kier molecular flexibility index (Phi) is 9.20. The van der Waals surface area contributed by atoms with Crippen molar-refractivity contribution in [1.29, 1.82) is 0 Å². The number of pyridine rings is 2. The van der Waals surface area contributed by atoms with E-state index < -0.39 is 19.9 Å². The molecular formula is C39H35N5O4S2. The van der Waals surface area contributed by atoms with Gasteiger partial charge in [-0.2, -0.15) is 0 Å². The van der Waals surface area contributed by atoms with Gasteiger partial charge in [0, 0.05) is 65.6 Å². The van der Waals surface area contributed by atoms with Crippen molar-refractivity contribution in [3.05, 3.63) is 145 Å². The zero-order chi connectivity index (χ0) is 34.7. The highest BCUT2D eigenvalue weighted by Gasteiger charge is 2.21. The molecule has 0 unspecified atom stereocenters. The molecule has 2 N–H and O–H groups in total. The van der Waals surface area contributed by atoms with E-state index in [0.29, 0.717) is 30.0 Å². The number of anilines is 1. The first-order chi connectivity index (χ1) is 24.2. The maximum absolute atomic E-state index is 13.3. The van der Waals surface area contributed by atoms with Crippen molar-refractivity contribution in [2.45, 2.75) is 17.2 Å². The quantitative estimate of drug-likeness (QED) is 0.132. The SMILES string of the molecule is CS(=O)(=O)N(CCNCc1cccnc1)c1ccc(-c2cnc3[nH]c4ccc(CS(=O)(=O)c5ccccc5)cc4c3c2-c2ccccc2)cc1. The highest BCUT2D eigenvalue weighted by Crippen LogP contribution is 2.41. The van der Waals surface area contributed by atoms with Gasteiger partial charge >= 0.3 is 0 Å². The Hall–Kier alpha value is -5.36. The van der Waals surface area contributed by atoms with Gasteiger partial charge in [0.2, 0.25) is 10.0 Å². The number of rotatable bonds is 12. The average molecular weight is 702 g/mol. The Morgan fingerprint density at radius 3 is 2.20 bits per heavy atom. The number of sulfone groups is 1. The van der Waals surface area contributed by atoms with Crippen LogP contribution in [0, 0.1) is 0 Å². The topological polar surface area (TPSA) is 125 Å².